The number of ether oxygens (including phenoxy) is 2. The molecule has 0 aliphatic carbocycles. The highest BCUT2D eigenvalue weighted by Crippen LogP contribution is 2.33. The number of anilines is 1. The molecule has 0 bridgehead atoms. The summed E-state index contributed by atoms with van der Waals surface area (Å²) in [6.07, 6.45) is 1.71. The molecule has 2 heterocycles. The van der Waals surface area contributed by atoms with Crippen LogP contribution in [0.4, 0.5) is 5.82 Å². The van der Waals surface area contributed by atoms with Crippen molar-refractivity contribution in [1.82, 2.24) is 14.8 Å². The Hall–Kier alpha value is -4.13. The fourth-order valence-corrected chi connectivity index (χ4v) is 3.25. The standard InChI is InChI=1S/C24H22N4O3/c1-16-8-7-11-22(25-16)26-24(29)19-15-28(18-9-5-4-6-10-18)27-23(19)17-12-13-20(30-2)21(14-17)31-3/h4-15H,1-3H3,(H,25,26,29). The van der Waals surface area contributed by atoms with Crippen molar-refractivity contribution in [2.24, 2.45) is 0 Å². The molecule has 4 rings (SSSR count). The first-order valence-electron chi connectivity index (χ1n) is 9.71. The molecule has 2 aromatic heterocycles. The van der Waals surface area contributed by atoms with Crippen molar-refractivity contribution in [3.8, 4) is 28.4 Å². The van der Waals surface area contributed by atoms with Gasteiger partial charge in [0, 0.05) is 17.5 Å². The van der Waals surface area contributed by atoms with E-state index < -0.39 is 0 Å². The Bertz CT molecular complexity index is 1220. The van der Waals surface area contributed by atoms with Gasteiger partial charge in [0.25, 0.3) is 5.91 Å². The maximum Gasteiger partial charge on any atom is 0.260 e. The summed E-state index contributed by atoms with van der Waals surface area (Å²) in [6, 6.07) is 20.5. The van der Waals surface area contributed by atoms with Crippen LogP contribution in [0.2, 0.25) is 0 Å². The summed E-state index contributed by atoms with van der Waals surface area (Å²) < 4.78 is 12.4. The molecular weight excluding hydrogens is 392 g/mol. The first-order valence-corrected chi connectivity index (χ1v) is 9.71. The third-order valence-electron chi connectivity index (χ3n) is 4.77. The van der Waals surface area contributed by atoms with Gasteiger partial charge in [-0.15, -0.1) is 0 Å². The first kappa shape index (κ1) is 20.2. The predicted octanol–water partition coefficient (Wildman–Crippen LogP) is 4.51. The third-order valence-corrected chi connectivity index (χ3v) is 4.77. The Labute approximate surface area is 180 Å². The van der Waals surface area contributed by atoms with Crippen molar-refractivity contribution in [3.63, 3.8) is 0 Å². The lowest BCUT2D eigenvalue weighted by molar-refractivity contribution is 0.102. The molecular formula is C24H22N4O3. The van der Waals surface area contributed by atoms with Crippen LogP contribution in [-0.4, -0.2) is 34.9 Å². The van der Waals surface area contributed by atoms with E-state index in [2.05, 4.69) is 10.3 Å². The molecule has 0 aliphatic rings. The lowest BCUT2D eigenvalue weighted by Crippen LogP contribution is -2.13. The highest BCUT2D eigenvalue weighted by Gasteiger charge is 2.20. The molecule has 0 saturated carbocycles. The highest BCUT2D eigenvalue weighted by molar-refractivity contribution is 6.07. The van der Waals surface area contributed by atoms with Crippen LogP contribution in [0.3, 0.4) is 0 Å². The Morgan fingerprint density at radius 2 is 1.71 bits per heavy atom. The third kappa shape index (κ3) is 4.25. The molecule has 0 aliphatic heterocycles. The van der Waals surface area contributed by atoms with Crippen molar-refractivity contribution in [3.05, 3.63) is 84.2 Å². The van der Waals surface area contributed by atoms with Crippen molar-refractivity contribution >= 4 is 11.7 Å². The number of nitrogens with one attached hydrogen (secondary N) is 1. The van der Waals surface area contributed by atoms with Gasteiger partial charge in [-0.05, 0) is 49.4 Å². The Kier molecular flexibility index (Phi) is 5.66. The lowest BCUT2D eigenvalue weighted by Gasteiger charge is -2.09. The molecule has 0 spiro atoms. The summed E-state index contributed by atoms with van der Waals surface area (Å²) in [6.45, 7) is 1.87. The van der Waals surface area contributed by atoms with E-state index >= 15 is 0 Å². The molecule has 31 heavy (non-hydrogen) atoms. The number of carbonyl (C=O) groups is 1. The molecule has 0 fully saturated rings. The minimum absolute atomic E-state index is 0.301. The van der Waals surface area contributed by atoms with Crippen LogP contribution in [0.5, 0.6) is 11.5 Å². The molecule has 156 valence electrons. The Balaban J connectivity index is 1.79. The minimum Gasteiger partial charge on any atom is -0.493 e. The van der Waals surface area contributed by atoms with E-state index in [1.807, 2.05) is 55.5 Å². The molecule has 1 amide bonds. The van der Waals surface area contributed by atoms with Crippen LogP contribution in [0, 0.1) is 6.92 Å². The van der Waals surface area contributed by atoms with Crippen LogP contribution in [0.15, 0.2) is 72.9 Å². The average molecular weight is 414 g/mol. The first-order chi connectivity index (χ1) is 15.1. The van der Waals surface area contributed by atoms with Gasteiger partial charge in [0.05, 0.1) is 25.5 Å². The predicted molar refractivity (Wildman–Crippen MR) is 119 cm³/mol. The van der Waals surface area contributed by atoms with Crippen molar-refractivity contribution < 1.29 is 14.3 Å². The summed E-state index contributed by atoms with van der Waals surface area (Å²) in [4.78, 5) is 17.5. The van der Waals surface area contributed by atoms with Crippen LogP contribution in [-0.2, 0) is 0 Å². The number of carbonyl (C=O) groups excluding carboxylic acids is 1. The Morgan fingerprint density at radius 1 is 0.935 bits per heavy atom. The van der Waals surface area contributed by atoms with Crippen LogP contribution in [0.25, 0.3) is 16.9 Å². The summed E-state index contributed by atoms with van der Waals surface area (Å²) in [7, 11) is 3.15. The number of nitrogens with zero attached hydrogens (tertiary/aromatic N) is 3. The molecule has 1 N–H and O–H groups in total. The number of benzene rings is 2. The fraction of sp³-hybridized carbons (Fsp3) is 0.125. The van der Waals surface area contributed by atoms with Crippen LogP contribution in [0.1, 0.15) is 16.1 Å². The van der Waals surface area contributed by atoms with Gasteiger partial charge in [-0.1, -0.05) is 24.3 Å². The molecule has 2 aromatic carbocycles. The second-order valence-electron chi connectivity index (χ2n) is 6.86. The normalized spacial score (nSPS) is 10.5. The SMILES string of the molecule is COc1ccc(-c2nn(-c3ccccc3)cc2C(=O)Nc2cccc(C)n2)cc1OC. The van der Waals surface area contributed by atoms with E-state index in [0.717, 1.165) is 16.9 Å². The van der Waals surface area contributed by atoms with Crippen LogP contribution >= 0.6 is 0 Å². The van der Waals surface area contributed by atoms with E-state index in [-0.39, 0.29) is 5.91 Å². The molecule has 4 aromatic rings. The van der Waals surface area contributed by atoms with Gasteiger partial charge >= 0.3 is 0 Å². The van der Waals surface area contributed by atoms with Gasteiger partial charge in [-0.25, -0.2) is 9.67 Å². The maximum atomic E-state index is 13.2. The molecule has 0 saturated heterocycles. The number of amides is 1. The number of pyridine rings is 1. The number of methoxy groups -OCH3 is 2. The van der Waals surface area contributed by atoms with Crippen molar-refractivity contribution in [2.45, 2.75) is 6.92 Å². The zero-order chi connectivity index (χ0) is 21.8. The van der Waals surface area contributed by atoms with E-state index in [1.165, 1.54) is 0 Å². The van der Waals surface area contributed by atoms with Gasteiger partial charge in [-0.2, -0.15) is 5.10 Å². The van der Waals surface area contributed by atoms with E-state index in [1.54, 1.807) is 43.3 Å². The lowest BCUT2D eigenvalue weighted by atomic mass is 10.1. The maximum absolute atomic E-state index is 13.2. The highest BCUT2D eigenvalue weighted by atomic mass is 16.5. The average Bonchev–Trinajstić information content (AvgIpc) is 3.25. The minimum atomic E-state index is -0.301. The summed E-state index contributed by atoms with van der Waals surface area (Å²) >= 11 is 0. The number of aryl methyl sites for hydroxylation is 1. The van der Waals surface area contributed by atoms with Gasteiger partial charge < -0.3 is 14.8 Å². The second-order valence-corrected chi connectivity index (χ2v) is 6.86. The smallest absolute Gasteiger partial charge is 0.260 e. The number of rotatable bonds is 6. The van der Waals surface area contributed by atoms with Crippen LogP contribution < -0.4 is 14.8 Å². The van der Waals surface area contributed by atoms with E-state index in [9.17, 15) is 4.79 Å². The molecule has 7 heteroatoms. The van der Waals surface area contributed by atoms with Gasteiger partial charge in [0.15, 0.2) is 11.5 Å². The fourth-order valence-electron chi connectivity index (χ4n) is 3.25. The second kappa shape index (κ2) is 8.71. The quantitative estimate of drug-likeness (QED) is 0.502. The number of hydrogen-bond donors (Lipinski definition) is 1. The topological polar surface area (TPSA) is 78.3 Å². The summed E-state index contributed by atoms with van der Waals surface area (Å²) in [5.74, 6) is 1.34. The summed E-state index contributed by atoms with van der Waals surface area (Å²) in [5, 5.41) is 7.57. The van der Waals surface area contributed by atoms with Crippen molar-refractivity contribution in [1.29, 1.82) is 0 Å². The largest absolute Gasteiger partial charge is 0.493 e. The molecule has 0 atom stereocenters. The van der Waals surface area contributed by atoms with Gasteiger partial charge in [0.1, 0.15) is 11.5 Å². The molecule has 0 unspecified atom stereocenters. The zero-order valence-corrected chi connectivity index (χ0v) is 17.5. The van der Waals surface area contributed by atoms with Gasteiger partial charge in [-0.3, -0.25) is 4.79 Å². The van der Waals surface area contributed by atoms with E-state index in [0.29, 0.717) is 28.6 Å². The molecule has 0 radical (unpaired) electrons. The summed E-state index contributed by atoms with van der Waals surface area (Å²) in [5.41, 5.74) is 3.33. The number of para-hydroxylation sites is 1. The van der Waals surface area contributed by atoms with Gasteiger partial charge in [0.2, 0.25) is 0 Å². The molecule has 7 nitrogen and oxygen atoms in total. The Morgan fingerprint density at radius 3 is 2.42 bits per heavy atom. The number of aromatic nitrogens is 3. The monoisotopic (exact) mass is 414 g/mol. The van der Waals surface area contributed by atoms with Crippen molar-refractivity contribution in [2.75, 3.05) is 19.5 Å². The zero-order valence-electron chi connectivity index (χ0n) is 17.5. The number of hydrogen-bond acceptors (Lipinski definition) is 5. The van der Waals surface area contributed by atoms with E-state index in [4.69, 9.17) is 14.6 Å².